The summed E-state index contributed by atoms with van der Waals surface area (Å²) >= 11 is 1.24. The molecule has 1 saturated heterocycles. The van der Waals surface area contributed by atoms with Gasteiger partial charge in [0.2, 0.25) is 11.8 Å². The predicted octanol–water partition coefficient (Wildman–Crippen LogP) is 5.90. The summed E-state index contributed by atoms with van der Waals surface area (Å²) in [7, 11) is 0. The van der Waals surface area contributed by atoms with Crippen molar-refractivity contribution in [2.24, 2.45) is 0 Å². The molecule has 2 aliphatic rings. The lowest BCUT2D eigenvalue weighted by Crippen LogP contribution is -2.44. The summed E-state index contributed by atoms with van der Waals surface area (Å²) in [5.74, 6) is -1.66. The Hall–Kier alpha value is -4.02. The fraction of sp³-hybridized carbons (Fsp3) is 0.303. The van der Waals surface area contributed by atoms with Gasteiger partial charge >= 0.3 is 0 Å². The fourth-order valence-electron chi connectivity index (χ4n) is 5.65. The molecule has 1 aromatic heterocycles. The summed E-state index contributed by atoms with van der Waals surface area (Å²) in [5.41, 5.74) is 4.86. The van der Waals surface area contributed by atoms with E-state index in [9.17, 15) is 14.0 Å². The second-order valence-electron chi connectivity index (χ2n) is 10.9. The Kier molecular flexibility index (Phi) is 8.32. The summed E-state index contributed by atoms with van der Waals surface area (Å²) < 4.78 is 36.8. The van der Waals surface area contributed by atoms with Gasteiger partial charge in [-0.15, -0.1) is 11.8 Å². The van der Waals surface area contributed by atoms with Crippen molar-refractivity contribution in [3.05, 3.63) is 101 Å². The van der Waals surface area contributed by atoms with Gasteiger partial charge in [0.15, 0.2) is 0 Å². The van der Waals surface area contributed by atoms with E-state index in [2.05, 4.69) is 5.32 Å². The van der Waals surface area contributed by atoms with E-state index in [4.69, 9.17) is 9.84 Å². The van der Waals surface area contributed by atoms with Gasteiger partial charge in [-0.25, -0.2) is 13.5 Å². The maximum absolute atomic E-state index is 15.4. The molecule has 222 valence electrons. The third kappa shape index (κ3) is 5.81. The minimum atomic E-state index is -0.711. The number of thioether (sulfide) groups is 1. The third-order valence-corrected chi connectivity index (χ3v) is 9.27. The molecule has 3 heterocycles. The second kappa shape index (κ2) is 12.3. The van der Waals surface area contributed by atoms with Crippen molar-refractivity contribution >= 4 is 29.4 Å². The number of nitrogens with zero attached hydrogens (tertiary/aromatic N) is 3. The number of nitrogens with one attached hydrogen (secondary N) is 1. The SMILES string of the molecule is Cc1cccc(-n2nc(-c3ccccc3)c3c2N(CC(=O)NCC2CCCO2)C(=O)CSC3c2ccc(F)cc2F)c1C. The zero-order chi connectivity index (χ0) is 30.1. The standard InChI is InChI=1S/C33H32F2N4O3S/c1-20-8-6-12-27(21(20)2)39-33-30(31(37-39)22-9-4-3-5-10-22)32(25-14-13-23(34)16-26(25)35)43-19-29(41)38(33)18-28(40)36-17-24-11-7-15-42-24/h3-6,8-10,12-14,16,24,32H,7,11,15,17-19H2,1-2H3,(H,36,40). The van der Waals surface area contributed by atoms with Gasteiger partial charge in [0.05, 0.1) is 28.5 Å². The van der Waals surface area contributed by atoms with Crippen LogP contribution in [0.15, 0.2) is 66.7 Å². The Morgan fingerprint density at radius 1 is 1.09 bits per heavy atom. The van der Waals surface area contributed by atoms with E-state index in [1.54, 1.807) is 4.68 Å². The monoisotopic (exact) mass is 602 g/mol. The number of rotatable bonds is 7. The number of carbonyl (C=O) groups excluding carboxylic acids is 2. The Morgan fingerprint density at radius 2 is 1.91 bits per heavy atom. The summed E-state index contributed by atoms with van der Waals surface area (Å²) in [6, 6.07) is 18.8. The largest absolute Gasteiger partial charge is 0.376 e. The quantitative estimate of drug-likeness (QED) is 0.285. The lowest BCUT2D eigenvalue weighted by atomic mass is 9.99. The van der Waals surface area contributed by atoms with Crippen LogP contribution in [-0.4, -0.2) is 53.1 Å². The van der Waals surface area contributed by atoms with Gasteiger partial charge in [-0.3, -0.25) is 14.5 Å². The van der Waals surface area contributed by atoms with E-state index in [0.29, 0.717) is 30.2 Å². The maximum atomic E-state index is 15.4. The van der Waals surface area contributed by atoms with Crippen molar-refractivity contribution in [2.45, 2.75) is 38.0 Å². The highest BCUT2D eigenvalue weighted by Gasteiger charge is 2.39. The number of carbonyl (C=O) groups is 2. The molecular formula is C33H32F2N4O3S. The van der Waals surface area contributed by atoms with Crippen molar-refractivity contribution in [2.75, 3.05) is 30.3 Å². The van der Waals surface area contributed by atoms with Crippen molar-refractivity contribution in [1.82, 2.24) is 15.1 Å². The van der Waals surface area contributed by atoms with Gasteiger partial charge in [0.1, 0.15) is 24.0 Å². The Bertz CT molecular complexity index is 1670. The first-order chi connectivity index (χ1) is 20.8. The zero-order valence-corrected chi connectivity index (χ0v) is 24.8. The Morgan fingerprint density at radius 3 is 2.65 bits per heavy atom. The molecule has 0 radical (unpaired) electrons. The highest BCUT2D eigenvalue weighted by Crippen LogP contribution is 2.49. The summed E-state index contributed by atoms with van der Waals surface area (Å²) in [4.78, 5) is 28.7. The predicted molar refractivity (Wildman–Crippen MR) is 163 cm³/mol. The first-order valence-electron chi connectivity index (χ1n) is 14.3. The van der Waals surface area contributed by atoms with Crippen LogP contribution in [0.2, 0.25) is 0 Å². The van der Waals surface area contributed by atoms with Crippen LogP contribution < -0.4 is 10.2 Å². The molecule has 10 heteroatoms. The average Bonchev–Trinajstić information content (AvgIpc) is 3.63. The summed E-state index contributed by atoms with van der Waals surface area (Å²) in [6.07, 6.45) is 1.77. The summed E-state index contributed by atoms with van der Waals surface area (Å²) in [6.45, 7) is 4.75. The molecule has 0 aliphatic carbocycles. The minimum Gasteiger partial charge on any atom is -0.376 e. The van der Waals surface area contributed by atoms with E-state index in [-0.39, 0.29) is 35.8 Å². The molecule has 6 rings (SSSR count). The molecule has 0 spiro atoms. The van der Waals surface area contributed by atoms with Crippen LogP contribution in [0.4, 0.5) is 14.6 Å². The number of aromatic nitrogens is 2. The topological polar surface area (TPSA) is 76.5 Å². The number of fused-ring (bicyclic) bond motifs is 1. The van der Waals surface area contributed by atoms with Crippen LogP contribution in [0, 0.1) is 25.5 Å². The molecule has 1 N–H and O–H groups in total. The fourth-order valence-corrected chi connectivity index (χ4v) is 6.87. The molecule has 0 bridgehead atoms. The molecule has 7 nitrogen and oxygen atoms in total. The number of aryl methyl sites for hydroxylation is 1. The normalized spacial score (nSPS) is 18.4. The lowest BCUT2D eigenvalue weighted by molar-refractivity contribution is -0.123. The van der Waals surface area contributed by atoms with E-state index in [0.717, 1.165) is 41.3 Å². The molecular weight excluding hydrogens is 570 g/mol. The van der Waals surface area contributed by atoms with Gasteiger partial charge in [0.25, 0.3) is 0 Å². The van der Waals surface area contributed by atoms with Gasteiger partial charge < -0.3 is 10.1 Å². The lowest BCUT2D eigenvalue weighted by Gasteiger charge is -2.24. The number of amides is 2. The maximum Gasteiger partial charge on any atom is 0.240 e. The average molecular weight is 603 g/mol. The van der Waals surface area contributed by atoms with E-state index < -0.39 is 16.9 Å². The van der Waals surface area contributed by atoms with E-state index in [1.165, 1.54) is 28.8 Å². The molecule has 2 unspecified atom stereocenters. The van der Waals surface area contributed by atoms with Gasteiger partial charge in [-0.1, -0.05) is 48.5 Å². The number of ether oxygens (including phenoxy) is 1. The number of halogens is 2. The Balaban J connectivity index is 1.56. The number of hydrogen-bond acceptors (Lipinski definition) is 5. The number of anilines is 1. The first kappa shape index (κ1) is 29.1. The zero-order valence-electron chi connectivity index (χ0n) is 24.0. The van der Waals surface area contributed by atoms with Crippen molar-refractivity contribution in [3.63, 3.8) is 0 Å². The van der Waals surface area contributed by atoms with Gasteiger partial charge in [0, 0.05) is 35.9 Å². The van der Waals surface area contributed by atoms with Crippen LogP contribution >= 0.6 is 11.8 Å². The highest BCUT2D eigenvalue weighted by atomic mass is 32.2. The van der Waals surface area contributed by atoms with Gasteiger partial charge in [-0.2, -0.15) is 5.10 Å². The first-order valence-corrected chi connectivity index (χ1v) is 15.4. The molecule has 2 atom stereocenters. The van der Waals surface area contributed by atoms with Crippen LogP contribution in [0.1, 0.15) is 40.3 Å². The van der Waals surface area contributed by atoms with Crippen molar-refractivity contribution in [3.8, 4) is 16.9 Å². The van der Waals surface area contributed by atoms with E-state index >= 15 is 4.39 Å². The molecule has 4 aromatic rings. The Labute approximate surface area is 253 Å². The van der Waals surface area contributed by atoms with Crippen LogP contribution in [0.5, 0.6) is 0 Å². The summed E-state index contributed by atoms with van der Waals surface area (Å²) in [5, 5.41) is 7.28. The second-order valence-corrected chi connectivity index (χ2v) is 12.0. The molecule has 2 amide bonds. The smallest absolute Gasteiger partial charge is 0.240 e. The molecule has 43 heavy (non-hydrogen) atoms. The molecule has 3 aromatic carbocycles. The molecule has 0 saturated carbocycles. The number of benzene rings is 3. The van der Waals surface area contributed by atoms with E-state index in [1.807, 2.05) is 62.4 Å². The third-order valence-electron chi connectivity index (χ3n) is 8.04. The van der Waals surface area contributed by atoms with Crippen molar-refractivity contribution < 1.29 is 23.1 Å². The van der Waals surface area contributed by atoms with Crippen LogP contribution in [-0.2, 0) is 14.3 Å². The highest BCUT2D eigenvalue weighted by molar-refractivity contribution is 8.00. The molecule has 2 aliphatic heterocycles. The molecule has 1 fully saturated rings. The van der Waals surface area contributed by atoms with Gasteiger partial charge in [-0.05, 0) is 49.9 Å². The van der Waals surface area contributed by atoms with Crippen LogP contribution in [0.25, 0.3) is 16.9 Å². The van der Waals surface area contributed by atoms with Crippen molar-refractivity contribution in [1.29, 1.82) is 0 Å². The van der Waals surface area contributed by atoms with Crippen LogP contribution in [0.3, 0.4) is 0 Å². The number of hydrogen-bond donors (Lipinski definition) is 1. The minimum absolute atomic E-state index is 0.0177.